The van der Waals surface area contributed by atoms with Gasteiger partial charge in [0, 0.05) is 31.6 Å². The van der Waals surface area contributed by atoms with Gasteiger partial charge in [0.05, 0.1) is 5.41 Å². The molecule has 2 amide bonds. The predicted molar refractivity (Wildman–Crippen MR) is 72.4 cm³/mol. The molecule has 0 aromatic carbocycles. The molecule has 108 valence electrons. The van der Waals surface area contributed by atoms with E-state index in [2.05, 4.69) is 10.6 Å². The first kappa shape index (κ1) is 14.5. The van der Waals surface area contributed by atoms with Crippen molar-refractivity contribution in [1.82, 2.24) is 10.6 Å². The molecule has 19 heavy (non-hydrogen) atoms. The van der Waals surface area contributed by atoms with Gasteiger partial charge in [0.2, 0.25) is 0 Å². The molecule has 1 unspecified atom stereocenters. The lowest BCUT2D eigenvalue weighted by Gasteiger charge is -2.33. The minimum atomic E-state index is -0.875. The number of hydrogen-bond acceptors (Lipinski definition) is 4. The molecule has 0 bridgehead atoms. The van der Waals surface area contributed by atoms with Crippen LogP contribution in [-0.4, -0.2) is 54.4 Å². The molecule has 7 heteroatoms. The number of urea groups is 1. The van der Waals surface area contributed by atoms with E-state index in [0.717, 1.165) is 17.9 Å². The highest BCUT2D eigenvalue weighted by molar-refractivity contribution is 7.99. The number of thioether (sulfide) groups is 1. The van der Waals surface area contributed by atoms with Gasteiger partial charge in [-0.2, -0.15) is 11.8 Å². The molecule has 1 atom stereocenters. The van der Waals surface area contributed by atoms with E-state index in [1.54, 1.807) is 0 Å². The van der Waals surface area contributed by atoms with Crippen molar-refractivity contribution in [2.45, 2.75) is 25.3 Å². The number of nitrogens with one attached hydrogen (secondary N) is 2. The van der Waals surface area contributed by atoms with E-state index in [1.165, 1.54) is 0 Å². The summed E-state index contributed by atoms with van der Waals surface area (Å²) in [5, 5.41) is 14.9. The van der Waals surface area contributed by atoms with Crippen LogP contribution in [0.3, 0.4) is 0 Å². The molecule has 3 N–H and O–H groups in total. The van der Waals surface area contributed by atoms with Crippen molar-refractivity contribution in [1.29, 1.82) is 0 Å². The normalized spacial score (nSPS) is 25.8. The fourth-order valence-corrected chi connectivity index (χ4v) is 3.52. The molecule has 0 aromatic rings. The van der Waals surface area contributed by atoms with Gasteiger partial charge in [0.1, 0.15) is 0 Å². The summed E-state index contributed by atoms with van der Waals surface area (Å²) in [6, 6.07) is -0.0555. The summed E-state index contributed by atoms with van der Waals surface area (Å²) in [7, 11) is 0. The summed E-state index contributed by atoms with van der Waals surface area (Å²) < 4.78 is 5.19. The maximum atomic E-state index is 11.8. The van der Waals surface area contributed by atoms with Crippen molar-refractivity contribution < 1.29 is 19.4 Å². The summed E-state index contributed by atoms with van der Waals surface area (Å²) in [6.45, 7) is 1.04. The van der Waals surface area contributed by atoms with Gasteiger partial charge < -0.3 is 20.5 Å². The highest BCUT2D eigenvalue weighted by atomic mass is 32.2. The molecular weight excluding hydrogens is 268 g/mol. The lowest BCUT2D eigenvalue weighted by molar-refractivity contribution is -0.154. The van der Waals surface area contributed by atoms with Crippen LogP contribution in [0, 0.1) is 5.41 Å². The Kier molecular flexibility index (Phi) is 4.93. The highest BCUT2D eigenvalue weighted by Gasteiger charge is 2.40. The minimum absolute atomic E-state index is 0.164. The number of ether oxygens (including phenoxy) is 1. The molecule has 0 radical (unpaired) electrons. The summed E-state index contributed by atoms with van der Waals surface area (Å²) in [5.41, 5.74) is -0.875. The first-order chi connectivity index (χ1) is 9.12. The molecule has 2 fully saturated rings. The van der Waals surface area contributed by atoms with E-state index in [4.69, 9.17) is 4.74 Å². The average molecular weight is 288 g/mol. The Morgan fingerprint density at radius 3 is 2.68 bits per heavy atom. The number of carboxylic acid groups (broad SMARTS) is 1. The van der Waals surface area contributed by atoms with Crippen LogP contribution in [0.2, 0.25) is 0 Å². The SMILES string of the molecule is O=C(NCC1(C(=O)O)CCOCC1)NC1CCSC1. The zero-order chi connectivity index (χ0) is 13.7. The van der Waals surface area contributed by atoms with Crippen molar-refractivity contribution in [3.63, 3.8) is 0 Å². The van der Waals surface area contributed by atoms with Gasteiger partial charge in [0.25, 0.3) is 0 Å². The van der Waals surface area contributed by atoms with Gasteiger partial charge in [-0.3, -0.25) is 4.79 Å². The number of hydrogen-bond donors (Lipinski definition) is 3. The first-order valence-corrected chi connectivity index (χ1v) is 7.71. The first-order valence-electron chi connectivity index (χ1n) is 6.56. The third-order valence-corrected chi connectivity index (χ3v) is 4.92. The fourth-order valence-electron chi connectivity index (χ4n) is 2.36. The second kappa shape index (κ2) is 6.47. The Morgan fingerprint density at radius 1 is 1.37 bits per heavy atom. The van der Waals surface area contributed by atoms with Crippen molar-refractivity contribution in [2.75, 3.05) is 31.3 Å². The van der Waals surface area contributed by atoms with Crippen LogP contribution in [-0.2, 0) is 9.53 Å². The lowest BCUT2D eigenvalue weighted by atomic mass is 9.80. The van der Waals surface area contributed by atoms with Gasteiger partial charge in [-0.15, -0.1) is 0 Å². The fraction of sp³-hybridized carbons (Fsp3) is 0.833. The van der Waals surface area contributed by atoms with Crippen LogP contribution in [0.4, 0.5) is 4.79 Å². The molecule has 2 aliphatic rings. The number of carboxylic acids is 1. The second-order valence-electron chi connectivity index (χ2n) is 5.09. The van der Waals surface area contributed by atoms with E-state index in [0.29, 0.717) is 26.1 Å². The standard InChI is InChI=1S/C12H20N2O4S/c15-10(16)12(2-4-18-5-3-12)8-13-11(17)14-9-1-6-19-7-9/h9H,1-8H2,(H,15,16)(H2,13,14,17). The molecule has 2 aliphatic heterocycles. The van der Waals surface area contributed by atoms with Crippen LogP contribution in [0.5, 0.6) is 0 Å². The summed E-state index contributed by atoms with van der Waals surface area (Å²) in [6.07, 6.45) is 1.87. The lowest BCUT2D eigenvalue weighted by Crippen LogP contribution is -2.50. The molecule has 2 rings (SSSR count). The number of amides is 2. The Labute approximate surface area is 116 Å². The highest BCUT2D eigenvalue weighted by Crippen LogP contribution is 2.30. The predicted octanol–water partition coefficient (Wildman–Crippen LogP) is 0.672. The van der Waals surface area contributed by atoms with E-state index in [-0.39, 0.29) is 18.6 Å². The molecule has 0 saturated carbocycles. The Bertz CT molecular complexity index is 339. The van der Waals surface area contributed by atoms with Gasteiger partial charge in [-0.1, -0.05) is 0 Å². The van der Waals surface area contributed by atoms with Gasteiger partial charge in [-0.25, -0.2) is 4.79 Å². The van der Waals surface area contributed by atoms with Crippen LogP contribution >= 0.6 is 11.8 Å². The maximum Gasteiger partial charge on any atom is 0.315 e. The Balaban J connectivity index is 1.81. The number of carbonyl (C=O) groups is 2. The van der Waals surface area contributed by atoms with Gasteiger partial charge >= 0.3 is 12.0 Å². The van der Waals surface area contributed by atoms with Gasteiger partial charge in [-0.05, 0) is 25.0 Å². The molecule has 0 spiro atoms. The Hall–Kier alpha value is -0.950. The summed E-state index contributed by atoms with van der Waals surface area (Å²) in [5.74, 6) is 1.15. The zero-order valence-electron chi connectivity index (χ0n) is 10.8. The number of aliphatic carboxylic acids is 1. The number of carbonyl (C=O) groups excluding carboxylic acids is 1. The smallest absolute Gasteiger partial charge is 0.315 e. The van der Waals surface area contributed by atoms with Crippen molar-refractivity contribution >= 4 is 23.8 Å². The molecular formula is C12H20N2O4S. The number of rotatable bonds is 4. The van der Waals surface area contributed by atoms with Gasteiger partial charge in [0.15, 0.2) is 0 Å². The third-order valence-electron chi connectivity index (χ3n) is 3.76. The van der Waals surface area contributed by atoms with Crippen LogP contribution < -0.4 is 10.6 Å². The third kappa shape index (κ3) is 3.76. The maximum absolute atomic E-state index is 11.8. The van der Waals surface area contributed by atoms with Crippen molar-refractivity contribution in [2.24, 2.45) is 5.41 Å². The van der Waals surface area contributed by atoms with Crippen LogP contribution in [0.25, 0.3) is 0 Å². The van der Waals surface area contributed by atoms with Crippen LogP contribution in [0.1, 0.15) is 19.3 Å². The van der Waals surface area contributed by atoms with E-state index in [9.17, 15) is 14.7 Å². The molecule has 6 nitrogen and oxygen atoms in total. The monoisotopic (exact) mass is 288 g/mol. The largest absolute Gasteiger partial charge is 0.481 e. The quantitative estimate of drug-likeness (QED) is 0.708. The van der Waals surface area contributed by atoms with E-state index >= 15 is 0 Å². The Morgan fingerprint density at radius 2 is 2.11 bits per heavy atom. The molecule has 0 aliphatic carbocycles. The second-order valence-corrected chi connectivity index (χ2v) is 6.24. The zero-order valence-corrected chi connectivity index (χ0v) is 11.6. The topological polar surface area (TPSA) is 87.7 Å². The summed E-state index contributed by atoms with van der Waals surface area (Å²) >= 11 is 1.82. The van der Waals surface area contributed by atoms with Crippen LogP contribution in [0.15, 0.2) is 0 Å². The summed E-state index contributed by atoms with van der Waals surface area (Å²) in [4.78, 5) is 23.2. The van der Waals surface area contributed by atoms with Crippen molar-refractivity contribution in [3.8, 4) is 0 Å². The van der Waals surface area contributed by atoms with Crippen molar-refractivity contribution in [3.05, 3.63) is 0 Å². The van der Waals surface area contributed by atoms with E-state index in [1.807, 2.05) is 11.8 Å². The molecule has 2 heterocycles. The average Bonchev–Trinajstić information content (AvgIpc) is 2.90. The minimum Gasteiger partial charge on any atom is -0.481 e. The van der Waals surface area contributed by atoms with E-state index < -0.39 is 11.4 Å². The molecule has 0 aromatic heterocycles. The molecule has 2 saturated heterocycles.